The molecule has 1 aromatic heterocycles. The molecule has 0 spiro atoms. The fraction of sp³-hybridized carbons (Fsp3) is 0. The van der Waals surface area contributed by atoms with Crippen LogP contribution in [0, 0.1) is 0 Å². The molecule has 0 saturated carbocycles. The van der Waals surface area contributed by atoms with Crippen molar-refractivity contribution in [1.82, 2.24) is 4.57 Å². The minimum atomic E-state index is 1.08. The second-order valence-corrected chi connectivity index (χ2v) is 15.4. The van der Waals surface area contributed by atoms with Crippen molar-refractivity contribution < 1.29 is 0 Å². The Labute approximate surface area is 350 Å². The van der Waals surface area contributed by atoms with Gasteiger partial charge in [0.15, 0.2) is 0 Å². The summed E-state index contributed by atoms with van der Waals surface area (Å²) in [7, 11) is 0. The van der Waals surface area contributed by atoms with Crippen LogP contribution in [-0.2, 0) is 0 Å². The molecule has 0 aliphatic heterocycles. The molecule has 2 heteroatoms. The van der Waals surface area contributed by atoms with E-state index in [1.807, 2.05) is 0 Å². The topological polar surface area (TPSA) is 8.17 Å². The van der Waals surface area contributed by atoms with E-state index in [0.717, 1.165) is 28.3 Å². The molecule has 10 aromatic carbocycles. The van der Waals surface area contributed by atoms with Crippen LogP contribution in [0.1, 0.15) is 0 Å². The van der Waals surface area contributed by atoms with Crippen molar-refractivity contribution in [1.29, 1.82) is 0 Å². The van der Waals surface area contributed by atoms with E-state index in [-0.39, 0.29) is 0 Å². The van der Waals surface area contributed by atoms with Gasteiger partial charge in [0.25, 0.3) is 0 Å². The first-order valence-corrected chi connectivity index (χ1v) is 20.6. The lowest BCUT2D eigenvalue weighted by Gasteiger charge is -2.26. The lowest BCUT2D eigenvalue weighted by molar-refractivity contribution is 1.18. The molecule has 0 amide bonds. The first kappa shape index (κ1) is 35.2. The summed E-state index contributed by atoms with van der Waals surface area (Å²) in [4.78, 5) is 2.38. The minimum absolute atomic E-state index is 1.08. The Bertz CT molecular complexity index is 3190. The molecular formula is C58H40N2. The summed E-state index contributed by atoms with van der Waals surface area (Å²) in [5.74, 6) is 0. The molecule has 0 N–H and O–H groups in total. The molecule has 0 fully saturated rings. The quantitative estimate of drug-likeness (QED) is 0.150. The van der Waals surface area contributed by atoms with E-state index in [0.29, 0.717) is 0 Å². The number of rotatable bonds is 8. The first-order valence-electron chi connectivity index (χ1n) is 20.6. The maximum absolute atomic E-state index is 2.48. The van der Waals surface area contributed by atoms with Crippen LogP contribution in [0.4, 0.5) is 17.1 Å². The van der Waals surface area contributed by atoms with Gasteiger partial charge >= 0.3 is 0 Å². The van der Waals surface area contributed by atoms with Gasteiger partial charge in [-0.1, -0.05) is 188 Å². The number of benzene rings is 10. The van der Waals surface area contributed by atoms with Crippen molar-refractivity contribution in [2.75, 3.05) is 4.90 Å². The van der Waals surface area contributed by atoms with E-state index in [9.17, 15) is 0 Å². The molecule has 0 aliphatic rings. The SMILES string of the molecule is c1ccc(-c2ccc(N(c3ccc(-c4ccccc4)cc3)c3ccc4c5ccccc5n(-c5cc(-c6ccc7ccccc7c6)ccc5-c5ccccc5)c4c3)cc2)cc1. The highest BCUT2D eigenvalue weighted by Crippen LogP contribution is 2.43. The van der Waals surface area contributed by atoms with Gasteiger partial charge in [0.05, 0.1) is 16.7 Å². The van der Waals surface area contributed by atoms with E-state index in [4.69, 9.17) is 0 Å². The molecule has 0 aliphatic carbocycles. The number of nitrogens with zero attached hydrogens (tertiary/aromatic N) is 2. The van der Waals surface area contributed by atoms with Gasteiger partial charge in [0.1, 0.15) is 0 Å². The Kier molecular flexibility index (Phi) is 8.87. The lowest BCUT2D eigenvalue weighted by atomic mass is 9.96. The van der Waals surface area contributed by atoms with Gasteiger partial charge in [0, 0.05) is 33.4 Å². The highest BCUT2D eigenvalue weighted by atomic mass is 15.1. The third-order valence-electron chi connectivity index (χ3n) is 11.8. The molecule has 11 aromatic rings. The molecular weight excluding hydrogens is 725 g/mol. The zero-order chi connectivity index (χ0) is 39.8. The zero-order valence-electron chi connectivity index (χ0n) is 33.0. The number of hydrogen-bond donors (Lipinski definition) is 0. The highest BCUT2D eigenvalue weighted by Gasteiger charge is 2.20. The molecule has 2 nitrogen and oxygen atoms in total. The van der Waals surface area contributed by atoms with Crippen LogP contribution >= 0.6 is 0 Å². The van der Waals surface area contributed by atoms with Crippen molar-refractivity contribution >= 4 is 49.6 Å². The molecule has 282 valence electrons. The summed E-state index contributed by atoms with van der Waals surface area (Å²) >= 11 is 0. The average Bonchev–Trinajstić information content (AvgIpc) is 3.66. The number of para-hydroxylation sites is 1. The van der Waals surface area contributed by atoms with Gasteiger partial charge in [-0.15, -0.1) is 0 Å². The van der Waals surface area contributed by atoms with Crippen molar-refractivity contribution in [3.63, 3.8) is 0 Å². The highest BCUT2D eigenvalue weighted by molar-refractivity contribution is 6.11. The molecule has 0 saturated heterocycles. The number of fused-ring (bicyclic) bond motifs is 4. The van der Waals surface area contributed by atoms with Crippen molar-refractivity contribution in [3.05, 3.63) is 243 Å². The minimum Gasteiger partial charge on any atom is -0.310 e. The van der Waals surface area contributed by atoms with Gasteiger partial charge < -0.3 is 9.47 Å². The second-order valence-electron chi connectivity index (χ2n) is 15.4. The Morgan fingerprint density at radius 1 is 0.267 bits per heavy atom. The smallest absolute Gasteiger partial charge is 0.0562 e. The summed E-state index contributed by atoms with van der Waals surface area (Å²) < 4.78 is 2.48. The van der Waals surface area contributed by atoms with E-state index < -0.39 is 0 Å². The van der Waals surface area contributed by atoms with Gasteiger partial charge in [-0.25, -0.2) is 0 Å². The summed E-state index contributed by atoms with van der Waals surface area (Å²) in [6, 6.07) is 88.0. The van der Waals surface area contributed by atoms with Gasteiger partial charge in [-0.2, -0.15) is 0 Å². The molecule has 0 unspecified atom stereocenters. The van der Waals surface area contributed by atoms with Gasteiger partial charge in [-0.3, -0.25) is 0 Å². The van der Waals surface area contributed by atoms with E-state index in [1.165, 1.54) is 71.6 Å². The first-order chi connectivity index (χ1) is 29.7. The fourth-order valence-electron chi connectivity index (χ4n) is 8.80. The molecule has 0 bridgehead atoms. The largest absolute Gasteiger partial charge is 0.310 e. The van der Waals surface area contributed by atoms with E-state index >= 15 is 0 Å². The predicted molar refractivity (Wildman–Crippen MR) is 255 cm³/mol. The Morgan fingerprint density at radius 3 is 1.38 bits per heavy atom. The molecule has 11 rings (SSSR count). The maximum atomic E-state index is 2.48. The fourth-order valence-corrected chi connectivity index (χ4v) is 8.80. The van der Waals surface area contributed by atoms with E-state index in [1.54, 1.807) is 0 Å². The maximum Gasteiger partial charge on any atom is 0.0562 e. The van der Waals surface area contributed by atoms with Gasteiger partial charge in [0.2, 0.25) is 0 Å². The van der Waals surface area contributed by atoms with Crippen LogP contribution in [0.3, 0.4) is 0 Å². The molecule has 0 atom stereocenters. The van der Waals surface area contributed by atoms with Crippen molar-refractivity contribution in [2.45, 2.75) is 0 Å². The Hall–Kier alpha value is -7.94. The van der Waals surface area contributed by atoms with E-state index in [2.05, 4.69) is 252 Å². The van der Waals surface area contributed by atoms with Crippen LogP contribution in [0.5, 0.6) is 0 Å². The average molecular weight is 765 g/mol. The standard InChI is InChI=1S/C58H40N2/c1-4-14-41(15-5-1)44-26-31-50(32-27-44)59(51-33-28-45(29-34-51)42-16-6-2-7-17-42)52-35-37-55-54-22-12-13-23-56(54)60(58(55)40-52)57-39-49(30-36-53(57)46-19-8-3-9-20-46)48-25-24-43-18-10-11-21-47(43)38-48/h1-40H. The summed E-state index contributed by atoms with van der Waals surface area (Å²) in [5.41, 5.74) is 16.2. The Balaban J connectivity index is 1.12. The van der Waals surface area contributed by atoms with Crippen LogP contribution in [0.25, 0.3) is 82.8 Å². The zero-order valence-corrected chi connectivity index (χ0v) is 33.0. The predicted octanol–water partition coefficient (Wildman–Crippen LogP) is 16.1. The third kappa shape index (κ3) is 6.41. The third-order valence-corrected chi connectivity index (χ3v) is 11.8. The number of hydrogen-bond acceptors (Lipinski definition) is 1. The molecule has 1 heterocycles. The van der Waals surface area contributed by atoms with Crippen LogP contribution in [0.2, 0.25) is 0 Å². The molecule has 0 radical (unpaired) electrons. The number of aromatic nitrogens is 1. The monoisotopic (exact) mass is 764 g/mol. The van der Waals surface area contributed by atoms with Crippen molar-refractivity contribution in [2.24, 2.45) is 0 Å². The van der Waals surface area contributed by atoms with Gasteiger partial charge in [-0.05, 0) is 104 Å². The second kappa shape index (κ2) is 15.1. The lowest BCUT2D eigenvalue weighted by Crippen LogP contribution is -2.10. The normalized spacial score (nSPS) is 11.3. The van der Waals surface area contributed by atoms with Crippen LogP contribution in [0.15, 0.2) is 243 Å². The van der Waals surface area contributed by atoms with Crippen LogP contribution < -0.4 is 4.90 Å². The molecule has 60 heavy (non-hydrogen) atoms. The summed E-state index contributed by atoms with van der Waals surface area (Å²) in [6.45, 7) is 0. The van der Waals surface area contributed by atoms with Crippen LogP contribution in [-0.4, -0.2) is 4.57 Å². The summed E-state index contributed by atoms with van der Waals surface area (Å²) in [5, 5.41) is 4.91. The summed E-state index contributed by atoms with van der Waals surface area (Å²) in [6.07, 6.45) is 0. The van der Waals surface area contributed by atoms with Crippen molar-refractivity contribution in [3.8, 4) is 50.2 Å². The Morgan fingerprint density at radius 2 is 0.733 bits per heavy atom. The number of anilines is 3.